The highest BCUT2D eigenvalue weighted by Gasteiger charge is 2.20. The number of pyridine rings is 1. The molecule has 27 heavy (non-hydrogen) atoms. The van der Waals surface area contributed by atoms with Crippen molar-refractivity contribution in [3.63, 3.8) is 0 Å². The van der Waals surface area contributed by atoms with Gasteiger partial charge in [0.05, 0.1) is 29.3 Å². The van der Waals surface area contributed by atoms with E-state index < -0.39 is 0 Å². The van der Waals surface area contributed by atoms with Crippen molar-refractivity contribution in [3.8, 4) is 11.4 Å². The van der Waals surface area contributed by atoms with Crippen LogP contribution < -0.4 is 5.32 Å². The van der Waals surface area contributed by atoms with E-state index in [2.05, 4.69) is 63.6 Å². The van der Waals surface area contributed by atoms with Gasteiger partial charge >= 0.3 is 0 Å². The van der Waals surface area contributed by atoms with Crippen molar-refractivity contribution in [2.24, 2.45) is 0 Å². The molecule has 1 aliphatic heterocycles. The Balaban J connectivity index is 1.66. The number of aromatic nitrogens is 4. The molecule has 3 aromatic heterocycles. The lowest BCUT2D eigenvalue weighted by atomic mass is 9.88. The largest absolute Gasteiger partial charge is 0.353 e. The highest BCUT2D eigenvalue weighted by Crippen LogP contribution is 2.37. The molecule has 5 heteroatoms. The Labute approximate surface area is 158 Å². The van der Waals surface area contributed by atoms with Gasteiger partial charge in [0, 0.05) is 16.3 Å². The summed E-state index contributed by atoms with van der Waals surface area (Å²) in [5, 5.41) is 13.0. The topological polar surface area (TPSA) is 69.4 Å². The fourth-order valence-electron chi connectivity index (χ4n) is 4.42. The van der Waals surface area contributed by atoms with E-state index in [1.165, 1.54) is 34.9 Å². The minimum absolute atomic E-state index is 0.416. The summed E-state index contributed by atoms with van der Waals surface area (Å²) in [5.41, 5.74) is 7.10. The highest BCUT2D eigenvalue weighted by atomic mass is 15.1. The third-order valence-corrected chi connectivity index (χ3v) is 5.83. The molecule has 0 radical (unpaired) electrons. The number of H-pyrrole nitrogens is 2. The van der Waals surface area contributed by atoms with Gasteiger partial charge in [0.2, 0.25) is 0 Å². The second-order valence-corrected chi connectivity index (χ2v) is 7.92. The van der Waals surface area contributed by atoms with Crippen molar-refractivity contribution in [2.45, 2.75) is 38.5 Å². The lowest BCUT2D eigenvalue weighted by Crippen LogP contribution is -2.26. The molecule has 1 aromatic carbocycles. The van der Waals surface area contributed by atoms with E-state index in [9.17, 15) is 0 Å². The number of nitrogens with zero attached hydrogens (tertiary/aromatic N) is 2. The maximum absolute atomic E-state index is 4.69. The first kappa shape index (κ1) is 16.5. The normalized spacial score (nSPS) is 16.0. The standard InChI is InChI=1S/C22H25N5/c1-13(2)21-17-9-15(14-5-7-23-8-6-14)3-4-18(17)26-22(21)19-10-16-11-25-27-20(16)12-24-19/h3-4,9-14,23,26H,5-8H2,1-2H3,(H,25,27). The fraction of sp³-hybridized carbons (Fsp3) is 0.364. The monoisotopic (exact) mass is 359 g/mol. The van der Waals surface area contributed by atoms with E-state index in [0.717, 1.165) is 35.4 Å². The smallest absolute Gasteiger partial charge is 0.0875 e. The molecule has 0 aliphatic carbocycles. The van der Waals surface area contributed by atoms with Gasteiger partial charge in [0.1, 0.15) is 0 Å². The number of piperidine rings is 1. The van der Waals surface area contributed by atoms with E-state index in [1.807, 2.05) is 12.4 Å². The van der Waals surface area contributed by atoms with Crippen LogP contribution in [0.3, 0.4) is 0 Å². The molecular weight excluding hydrogens is 334 g/mol. The molecule has 1 fully saturated rings. The third-order valence-electron chi connectivity index (χ3n) is 5.83. The zero-order chi connectivity index (χ0) is 18.4. The van der Waals surface area contributed by atoms with Crippen LogP contribution in [-0.4, -0.2) is 33.3 Å². The van der Waals surface area contributed by atoms with Crippen LogP contribution in [0.4, 0.5) is 0 Å². The molecule has 5 rings (SSSR count). The number of hydrogen-bond acceptors (Lipinski definition) is 3. The number of nitrogens with one attached hydrogen (secondary N) is 3. The minimum Gasteiger partial charge on any atom is -0.353 e. The van der Waals surface area contributed by atoms with Crippen molar-refractivity contribution in [1.29, 1.82) is 0 Å². The molecule has 1 aliphatic rings. The van der Waals surface area contributed by atoms with Crippen molar-refractivity contribution < 1.29 is 0 Å². The van der Waals surface area contributed by atoms with Gasteiger partial charge in [-0.1, -0.05) is 19.9 Å². The molecule has 1 saturated heterocycles. The summed E-state index contributed by atoms with van der Waals surface area (Å²) in [5.74, 6) is 1.08. The summed E-state index contributed by atoms with van der Waals surface area (Å²) in [6, 6.07) is 9.08. The van der Waals surface area contributed by atoms with Crippen LogP contribution in [0.25, 0.3) is 33.2 Å². The Morgan fingerprint density at radius 1 is 1.04 bits per heavy atom. The average molecular weight is 359 g/mol. The van der Waals surface area contributed by atoms with Crippen LogP contribution >= 0.6 is 0 Å². The minimum atomic E-state index is 0.416. The van der Waals surface area contributed by atoms with E-state index >= 15 is 0 Å². The molecule has 0 unspecified atom stereocenters. The highest BCUT2D eigenvalue weighted by molar-refractivity contribution is 5.92. The number of rotatable bonds is 3. The Kier molecular flexibility index (Phi) is 3.97. The van der Waals surface area contributed by atoms with Gasteiger partial charge in [0.15, 0.2) is 0 Å². The first-order chi connectivity index (χ1) is 13.2. The van der Waals surface area contributed by atoms with Gasteiger partial charge in [-0.3, -0.25) is 10.1 Å². The lowest BCUT2D eigenvalue weighted by molar-refractivity contribution is 0.460. The molecule has 0 spiro atoms. The summed E-state index contributed by atoms with van der Waals surface area (Å²) < 4.78 is 0. The molecular formula is C22H25N5. The molecule has 0 atom stereocenters. The van der Waals surface area contributed by atoms with Gasteiger partial charge in [0.25, 0.3) is 0 Å². The van der Waals surface area contributed by atoms with Gasteiger partial charge in [-0.15, -0.1) is 0 Å². The Hall–Kier alpha value is -2.66. The Morgan fingerprint density at radius 3 is 2.70 bits per heavy atom. The molecule has 3 N–H and O–H groups in total. The quantitative estimate of drug-likeness (QED) is 0.497. The SMILES string of the molecule is CC(C)c1c(-c2cc3cn[nH]c3cn2)[nH]c2ccc(C3CCNCC3)cc12. The van der Waals surface area contributed by atoms with Crippen molar-refractivity contribution >= 4 is 21.8 Å². The van der Waals surface area contributed by atoms with Crippen LogP contribution in [-0.2, 0) is 0 Å². The lowest BCUT2D eigenvalue weighted by Gasteiger charge is -2.23. The van der Waals surface area contributed by atoms with E-state index in [1.54, 1.807) is 0 Å². The van der Waals surface area contributed by atoms with Gasteiger partial charge in [-0.25, -0.2) is 0 Å². The zero-order valence-corrected chi connectivity index (χ0v) is 15.8. The van der Waals surface area contributed by atoms with E-state index in [0.29, 0.717) is 11.8 Å². The maximum atomic E-state index is 4.69. The van der Waals surface area contributed by atoms with Crippen LogP contribution in [0.15, 0.2) is 36.7 Å². The number of fused-ring (bicyclic) bond motifs is 2. The number of hydrogen-bond donors (Lipinski definition) is 3. The predicted molar refractivity (Wildman–Crippen MR) is 110 cm³/mol. The molecule has 0 bridgehead atoms. The second kappa shape index (κ2) is 6.50. The molecule has 0 amide bonds. The first-order valence-corrected chi connectivity index (χ1v) is 9.86. The summed E-state index contributed by atoms with van der Waals surface area (Å²) in [7, 11) is 0. The van der Waals surface area contributed by atoms with E-state index in [-0.39, 0.29) is 0 Å². The molecule has 0 saturated carbocycles. The van der Waals surface area contributed by atoms with Crippen molar-refractivity contribution in [2.75, 3.05) is 13.1 Å². The molecule has 138 valence electrons. The maximum Gasteiger partial charge on any atom is 0.0875 e. The number of benzene rings is 1. The van der Waals surface area contributed by atoms with Gasteiger partial charge in [-0.2, -0.15) is 5.10 Å². The van der Waals surface area contributed by atoms with Crippen molar-refractivity contribution in [1.82, 2.24) is 25.5 Å². The second-order valence-electron chi connectivity index (χ2n) is 7.92. The average Bonchev–Trinajstić information content (AvgIpc) is 3.31. The summed E-state index contributed by atoms with van der Waals surface area (Å²) in [6.45, 7) is 6.76. The summed E-state index contributed by atoms with van der Waals surface area (Å²) >= 11 is 0. The molecule has 4 heterocycles. The van der Waals surface area contributed by atoms with Gasteiger partial charge < -0.3 is 10.3 Å². The number of aromatic amines is 2. The third kappa shape index (κ3) is 2.82. The van der Waals surface area contributed by atoms with Crippen molar-refractivity contribution in [3.05, 3.63) is 47.8 Å². The van der Waals surface area contributed by atoms with Crippen LogP contribution in [0.5, 0.6) is 0 Å². The molecule has 4 aromatic rings. The summed E-state index contributed by atoms with van der Waals surface area (Å²) in [6.07, 6.45) is 6.16. The fourth-order valence-corrected chi connectivity index (χ4v) is 4.42. The predicted octanol–water partition coefficient (Wildman–Crippen LogP) is 4.70. The summed E-state index contributed by atoms with van der Waals surface area (Å²) in [4.78, 5) is 8.33. The van der Waals surface area contributed by atoms with E-state index in [4.69, 9.17) is 0 Å². The molecule has 5 nitrogen and oxygen atoms in total. The first-order valence-electron chi connectivity index (χ1n) is 9.86. The van der Waals surface area contributed by atoms with Crippen LogP contribution in [0.1, 0.15) is 49.7 Å². The Morgan fingerprint density at radius 2 is 1.89 bits per heavy atom. The van der Waals surface area contributed by atoms with Crippen LogP contribution in [0, 0.1) is 0 Å². The zero-order valence-electron chi connectivity index (χ0n) is 15.8. The van der Waals surface area contributed by atoms with Gasteiger partial charge in [-0.05, 0) is 67.1 Å². The Bertz CT molecular complexity index is 1100. The van der Waals surface area contributed by atoms with Crippen LogP contribution in [0.2, 0.25) is 0 Å².